The Balaban J connectivity index is 1.43. The zero-order chi connectivity index (χ0) is 22.8. The molecule has 7 heteroatoms. The molecule has 0 amide bonds. The first-order valence-electron chi connectivity index (χ1n) is 10.5. The summed E-state index contributed by atoms with van der Waals surface area (Å²) in [5.74, 6) is 0.444. The first-order chi connectivity index (χ1) is 16.0. The summed E-state index contributed by atoms with van der Waals surface area (Å²) in [5.41, 5.74) is 3.12. The second-order valence-corrected chi connectivity index (χ2v) is 11.0. The molecule has 0 saturated carbocycles. The maximum absolute atomic E-state index is 13.6. The molecule has 33 heavy (non-hydrogen) atoms. The molecule has 0 spiro atoms. The predicted molar refractivity (Wildman–Crippen MR) is 134 cm³/mol. The van der Waals surface area contributed by atoms with Crippen LogP contribution in [0, 0.1) is 5.82 Å². The zero-order valence-electron chi connectivity index (χ0n) is 17.7. The van der Waals surface area contributed by atoms with Crippen molar-refractivity contribution in [1.29, 1.82) is 0 Å². The third-order valence-electron chi connectivity index (χ3n) is 5.48. The average molecular weight is 477 g/mol. The monoisotopic (exact) mass is 476 g/mol. The molecule has 0 aliphatic carbocycles. The van der Waals surface area contributed by atoms with Gasteiger partial charge in [-0.05, 0) is 53.3 Å². The second kappa shape index (κ2) is 8.92. The van der Waals surface area contributed by atoms with Gasteiger partial charge in [-0.3, -0.25) is 0 Å². The van der Waals surface area contributed by atoms with Crippen LogP contribution in [0.4, 0.5) is 15.9 Å². The number of nitrogens with zero attached hydrogens (tertiary/aromatic N) is 1. The van der Waals surface area contributed by atoms with E-state index in [1.54, 1.807) is 23.5 Å². The van der Waals surface area contributed by atoms with E-state index in [-0.39, 0.29) is 17.3 Å². The Labute approximate surface area is 195 Å². The van der Waals surface area contributed by atoms with Crippen molar-refractivity contribution in [2.24, 2.45) is 0 Å². The summed E-state index contributed by atoms with van der Waals surface area (Å²) in [6.07, 6.45) is 0.419. The number of rotatable bonds is 7. The number of aryl methyl sites for hydroxylation is 1. The minimum atomic E-state index is -3.23. The first-order valence-corrected chi connectivity index (χ1v) is 13.2. The lowest BCUT2D eigenvalue weighted by atomic mass is 10.1. The molecule has 0 fully saturated rings. The summed E-state index contributed by atoms with van der Waals surface area (Å²) in [6, 6.07) is 23.4. The van der Waals surface area contributed by atoms with E-state index in [1.165, 1.54) is 12.1 Å². The van der Waals surface area contributed by atoms with E-state index in [4.69, 9.17) is 4.98 Å². The second-order valence-electron chi connectivity index (χ2n) is 7.94. The van der Waals surface area contributed by atoms with Crippen molar-refractivity contribution < 1.29 is 12.8 Å². The van der Waals surface area contributed by atoms with Crippen molar-refractivity contribution in [3.63, 3.8) is 0 Å². The molecule has 5 aromatic rings. The normalized spacial score (nSPS) is 11.8. The van der Waals surface area contributed by atoms with E-state index in [0.717, 1.165) is 32.1 Å². The van der Waals surface area contributed by atoms with E-state index < -0.39 is 9.84 Å². The molecule has 0 aliphatic rings. The number of aromatic nitrogens is 1. The van der Waals surface area contributed by atoms with Crippen LogP contribution >= 0.6 is 11.3 Å². The Hall–Kier alpha value is -3.29. The van der Waals surface area contributed by atoms with Crippen LogP contribution in [0.15, 0.2) is 84.2 Å². The fourth-order valence-corrected chi connectivity index (χ4v) is 6.20. The first kappa shape index (κ1) is 21.6. The third-order valence-corrected chi connectivity index (χ3v) is 8.02. The maximum Gasteiger partial charge on any atom is 0.154 e. The highest BCUT2D eigenvalue weighted by Gasteiger charge is 2.14. The number of hydrogen-bond donors (Lipinski definition) is 1. The number of pyridine rings is 1. The van der Waals surface area contributed by atoms with Crippen molar-refractivity contribution in [2.75, 3.05) is 11.1 Å². The highest BCUT2D eigenvalue weighted by Crippen LogP contribution is 2.35. The molecule has 5 rings (SSSR count). The summed E-state index contributed by atoms with van der Waals surface area (Å²) in [5, 5.41) is 7.22. The summed E-state index contributed by atoms with van der Waals surface area (Å²) < 4.78 is 39.9. The molecular formula is C26H21FN2O2S2. The van der Waals surface area contributed by atoms with Gasteiger partial charge >= 0.3 is 0 Å². The molecule has 0 aliphatic heterocycles. The van der Waals surface area contributed by atoms with Crippen LogP contribution in [0.3, 0.4) is 0 Å². The Morgan fingerprint density at radius 2 is 1.73 bits per heavy atom. The molecule has 0 atom stereocenters. The minimum Gasteiger partial charge on any atom is -0.340 e. The number of sulfone groups is 1. The number of fused-ring (bicyclic) bond motifs is 3. The van der Waals surface area contributed by atoms with E-state index in [1.807, 2.05) is 60.0 Å². The molecule has 2 heterocycles. The predicted octanol–water partition coefficient (Wildman–Crippen LogP) is 6.49. The molecule has 0 bridgehead atoms. The highest BCUT2D eigenvalue weighted by molar-refractivity contribution is 7.90. The molecule has 3 aromatic carbocycles. The van der Waals surface area contributed by atoms with Gasteiger partial charge in [0.2, 0.25) is 0 Å². The van der Waals surface area contributed by atoms with Crippen LogP contribution in [0.2, 0.25) is 0 Å². The number of benzene rings is 3. The fourth-order valence-electron chi connectivity index (χ4n) is 3.87. The lowest BCUT2D eigenvalue weighted by Crippen LogP contribution is -2.11. The van der Waals surface area contributed by atoms with Gasteiger partial charge in [0.05, 0.1) is 17.0 Å². The van der Waals surface area contributed by atoms with Crippen LogP contribution in [0.25, 0.3) is 21.0 Å². The maximum atomic E-state index is 13.6. The molecule has 0 saturated heterocycles. The van der Waals surface area contributed by atoms with Crippen molar-refractivity contribution in [3.05, 3.63) is 101 Å². The lowest BCUT2D eigenvalue weighted by Gasteiger charge is -2.11. The Morgan fingerprint density at radius 3 is 2.55 bits per heavy atom. The largest absolute Gasteiger partial charge is 0.340 e. The third kappa shape index (κ3) is 4.89. The van der Waals surface area contributed by atoms with Gasteiger partial charge in [-0.2, -0.15) is 0 Å². The van der Waals surface area contributed by atoms with Crippen molar-refractivity contribution in [1.82, 2.24) is 4.98 Å². The summed E-state index contributed by atoms with van der Waals surface area (Å²) in [7, 11) is -3.23. The van der Waals surface area contributed by atoms with E-state index in [0.29, 0.717) is 17.9 Å². The van der Waals surface area contributed by atoms with E-state index >= 15 is 0 Å². The van der Waals surface area contributed by atoms with Crippen LogP contribution in [0.1, 0.15) is 11.1 Å². The number of anilines is 2. The van der Waals surface area contributed by atoms with Gasteiger partial charge in [-0.25, -0.2) is 17.8 Å². The van der Waals surface area contributed by atoms with Gasteiger partial charge in [0.15, 0.2) is 9.84 Å². The molecule has 2 aromatic heterocycles. The van der Waals surface area contributed by atoms with Gasteiger partial charge < -0.3 is 5.32 Å². The van der Waals surface area contributed by atoms with E-state index in [2.05, 4.69) is 5.32 Å². The zero-order valence-corrected chi connectivity index (χ0v) is 19.3. The van der Waals surface area contributed by atoms with E-state index in [9.17, 15) is 12.8 Å². The number of halogens is 1. The molecule has 166 valence electrons. The Bertz CT molecular complexity index is 1550. The standard InChI is InChI=1S/C26H21FN2O2S2/c27-20-7-4-8-21(16-20)28-26-23-11-13-32-25(23)22-10-9-18(15-24(22)29-26)12-14-33(30,31)17-19-5-2-1-3-6-19/h1-11,13,15-16H,12,14,17H2,(H,28,29). The van der Waals surface area contributed by atoms with Crippen LogP contribution in [-0.2, 0) is 22.0 Å². The smallest absolute Gasteiger partial charge is 0.154 e. The average Bonchev–Trinajstić information content (AvgIpc) is 3.29. The van der Waals surface area contributed by atoms with Gasteiger partial charge in [-0.15, -0.1) is 11.3 Å². The Kier molecular flexibility index (Phi) is 5.83. The van der Waals surface area contributed by atoms with Crippen LogP contribution < -0.4 is 5.32 Å². The molecule has 0 unspecified atom stereocenters. The van der Waals surface area contributed by atoms with Crippen molar-refractivity contribution in [3.8, 4) is 0 Å². The topological polar surface area (TPSA) is 59.1 Å². The summed E-state index contributed by atoms with van der Waals surface area (Å²) in [4.78, 5) is 4.80. The van der Waals surface area contributed by atoms with Gasteiger partial charge in [0.25, 0.3) is 0 Å². The molecule has 1 N–H and O–H groups in total. The van der Waals surface area contributed by atoms with Crippen molar-refractivity contribution >= 4 is 53.7 Å². The van der Waals surface area contributed by atoms with Crippen LogP contribution in [0.5, 0.6) is 0 Å². The Morgan fingerprint density at radius 1 is 0.879 bits per heavy atom. The SMILES string of the molecule is O=S(=O)(CCc1ccc2c(c1)nc(Nc1cccc(F)c1)c1ccsc12)Cc1ccccc1. The van der Waals surface area contributed by atoms with Gasteiger partial charge in [0.1, 0.15) is 11.6 Å². The lowest BCUT2D eigenvalue weighted by molar-refractivity contribution is 0.594. The molecule has 0 radical (unpaired) electrons. The molecular weight excluding hydrogens is 455 g/mol. The van der Waals surface area contributed by atoms with Gasteiger partial charge in [-0.1, -0.05) is 48.5 Å². The fraction of sp³-hybridized carbons (Fsp3) is 0.115. The number of nitrogens with one attached hydrogen (secondary N) is 1. The van der Waals surface area contributed by atoms with Crippen molar-refractivity contribution in [2.45, 2.75) is 12.2 Å². The minimum absolute atomic E-state index is 0.0389. The quantitative estimate of drug-likeness (QED) is 0.292. The number of thiophene rings is 1. The molecule has 4 nitrogen and oxygen atoms in total. The summed E-state index contributed by atoms with van der Waals surface area (Å²) >= 11 is 1.62. The van der Waals surface area contributed by atoms with Crippen LogP contribution in [-0.4, -0.2) is 19.2 Å². The highest BCUT2D eigenvalue weighted by atomic mass is 32.2. The number of hydrogen-bond acceptors (Lipinski definition) is 5. The van der Waals surface area contributed by atoms with Gasteiger partial charge in [0, 0.05) is 21.2 Å². The summed E-state index contributed by atoms with van der Waals surface area (Å²) in [6.45, 7) is 0.